The zero-order chi connectivity index (χ0) is 13.8. The lowest BCUT2D eigenvalue weighted by molar-refractivity contribution is 0.283. The molecule has 0 saturated carbocycles. The molecule has 0 amide bonds. The second-order valence-electron chi connectivity index (χ2n) is 4.61. The van der Waals surface area contributed by atoms with E-state index in [0.717, 1.165) is 23.7 Å². The molecule has 0 fully saturated rings. The Morgan fingerprint density at radius 2 is 2.21 bits per heavy atom. The molecule has 0 aliphatic rings. The van der Waals surface area contributed by atoms with Gasteiger partial charge in [-0.05, 0) is 26.8 Å². The summed E-state index contributed by atoms with van der Waals surface area (Å²) in [6.45, 7) is 7.21. The van der Waals surface area contributed by atoms with Gasteiger partial charge in [0.05, 0.1) is 0 Å². The molecule has 0 aliphatic carbocycles. The summed E-state index contributed by atoms with van der Waals surface area (Å²) in [7, 11) is 0. The van der Waals surface area contributed by atoms with Gasteiger partial charge in [0, 0.05) is 18.2 Å². The van der Waals surface area contributed by atoms with E-state index in [4.69, 9.17) is 10.5 Å². The highest BCUT2D eigenvalue weighted by Gasteiger charge is 2.10. The van der Waals surface area contributed by atoms with E-state index in [1.165, 1.54) is 5.56 Å². The highest BCUT2D eigenvalue weighted by molar-refractivity contribution is 5.38. The number of aromatic nitrogens is 3. The van der Waals surface area contributed by atoms with E-state index in [1.807, 2.05) is 37.6 Å². The molecule has 0 saturated heterocycles. The largest absolute Gasteiger partial charge is 0.485 e. The van der Waals surface area contributed by atoms with Crippen molar-refractivity contribution in [3.8, 4) is 5.75 Å². The molecular formula is C14H20N4O. The number of nitrogens with two attached hydrogens (primary N) is 1. The van der Waals surface area contributed by atoms with E-state index >= 15 is 0 Å². The average molecular weight is 260 g/mol. The summed E-state index contributed by atoms with van der Waals surface area (Å²) in [6.07, 6.45) is 1.55. The lowest BCUT2D eigenvalue weighted by atomic mass is 10.1. The molecule has 2 rings (SSSR count). The first kappa shape index (κ1) is 13.5. The number of benzene rings is 1. The predicted octanol–water partition coefficient (Wildman–Crippen LogP) is 2.21. The third kappa shape index (κ3) is 3.12. The van der Waals surface area contributed by atoms with Crippen LogP contribution in [0.15, 0.2) is 24.5 Å². The molecule has 2 aromatic rings. The summed E-state index contributed by atoms with van der Waals surface area (Å²) in [4.78, 5) is 4.19. The van der Waals surface area contributed by atoms with Crippen LogP contribution in [0.5, 0.6) is 5.75 Å². The van der Waals surface area contributed by atoms with Crippen LogP contribution in [0.4, 0.5) is 0 Å². The van der Waals surface area contributed by atoms with E-state index in [2.05, 4.69) is 16.1 Å². The maximum absolute atomic E-state index is 5.98. The Bertz CT molecular complexity index is 548. The van der Waals surface area contributed by atoms with Gasteiger partial charge in [-0.15, -0.1) is 0 Å². The van der Waals surface area contributed by atoms with Gasteiger partial charge in [-0.3, -0.25) is 0 Å². The summed E-state index contributed by atoms with van der Waals surface area (Å²) in [6, 6.07) is 5.98. The molecule has 1 heterocycles. The molecule has 0 aliphatic heterocycles. The molecule has 2 N–H and O–H groups in total. The van der Waals surface area contributed by atoms with Gasteiger partial charge in [0.15, 0.2) is 5.82 Å². The van der Waals surface area contributed by atoms with E-state index in [0.29, 0.717) is 6.61 Å². The summed E-state index contributed by atoms with van der Waals surface area (Å²) < 4.78 is 7.66. The van der Waals surface area contributed by atoms with Gasteiger partial charge in [-0.25, -0.2) is 9.67 Å². The molecule has 1 aromatic carbocycles. The Hall–Kier alpha value is -1.88. The monoisotopic (exact) mass is 260 g/mol. The van der Waals surface area contributed by atoms with Crippen molar-refractivity contribution in [1.29, 1.82) is 0 Å². The third-order valence-electron chi connectivity index (χ3n) is 3.01. The Kier molecular flexibility index (Phi) is 4.16. The number of rotatable bonds is 5. The minimum Gasteiger partial charge on any atom is -0.485 e. The van der Waals surface area contributed by atoms with Crippen LogP contribution in [0.25, 0.3) is 0 Å². The minimum absolute atomic E-state index is 0.0565. The zero-order valence-electron chi connectivity index (χ0n) is 11.6. The normalized spacial score (nSPS) is 12.4. The first-order chi connectivity index (χ1) is 9.11. The summed E-state index contributed by atoms with van der Waals surface area (Å²) >= 11 is 0. The van der Waals surface area contributed by atoms with Crippen LogP contribution in [0.2, 0.25) is 0 Å². The molecule has 102 valence electrons. The van der Waals surface area contributed by atoms with Crippen molar-refractivity contribution in [2.24, 2.45) is 5.73 Å². The van der Waals surface area contributed by atoms with Crippen LogP contribution in [0.3, 0.4) is 0 Å². The molecule has 19 heavy (non-hydrogen) atoms. The Morgan fingerprint density at radius 3 is 2.89 bits per heavy atom. The van der Waals surface area contributed by atoms with Crippen molar-refractivity contribution in [3.05, 3.63) is 41.5 Å². The molecule has 0 spiro atoms. The maximum atomic E-state index is 5.98. The van der Waals surface area contributed by atoms with Gasteiger partial charge >= 0.3 is 0 Å². The van der Waals surface area contributed by atoms with E-state index in [9.17, 15) is 0 Å². The van der Waals surface area contributed by atoms with Crippen molar-refractivity contribution >= 4 is 0 Å². The molecule has 0 radical (unpaired) electrons. The number of hydrogen-bond donors (Lipinski definition) is 1. The van der Waals surface area contributed by atoms with Crippen molar-refractivity contribution < 1.29 is 4.74 Å². The Morgan fingerprint density at radius 1 is 1.42 bits per heavy atom. The van der Waals surface area contributed by atoms with Crippen molar-refractivity contribution in [2.45, 2.75) is 40.0 Å². The topological polar surface area (TPSA) is 66.0 Å². The van der Waals surface area contributed by atoms with E-state index in [1.54, 1.807) is 6.33 Å². The van der Waals surface area contributed by atoms with Gasteiger partial charge in [-0.2, -0.15) is 5.10 Å². The van der Waals surface area contributed by atoms with Crippen molar-refractivity contribution in [2.75, 3.05) is 0 Å². The van der Waals surface area contributed by atoms with Crippen LogP contribution in [-0.4, -0.2) is 14.8 Å². The second kappa shape index (κ2) is 5.84. The highest BCUT2D eigenvalue weighted by Crippen LogP contribution is 2.25. The number of ether oxygens (including phenoxy) is 1. The van der Waals surface area contributed by atoms with Crippen molar-refractivity contribution in [1.82, 2.24) is 14.8 Å². The van der Waals surface area contributed by atoms with Crippen LogP contribution in [0, 0.1) is 6.92 Å². The van der Waals surface area contributed by atoms with Gasteiger partial charge in [0.2, 0.25) is 0 Å². The van der Waals surface area contributed by atoms with Crippen LogP contribution in [-0.2, 0) is 13.2 Å². The van der Waals surface area contributed by atoms with Gasteiger partial charge in [-0.1, -0.05) is 17.7 Å². The molecular weight excluding hydrogens is 240 g/mol. The predicted molar refractivity (Wildman–Crippen MR) is 73.8 cm³/mol. The lowest BCUT2D eigenvalue weighted by Gasteiger charge is -2.14. The fourth-order valence-electron chi connectivity index (χ4n) is 1.96. The van der Waals surface area contributed by atoms with E-state index in [-0.39, 0.29) is 6.04 Å². The van der Waals surface area contributed by atoms with Crippen LogP contribution >= 0.6 is 0 Å². The molecule has 1 aromatic heterocycles. The number of nitrogens with zero attached hydrogens (tertiary/aromatic N) is 3. The highest BCUT2D eigenvalue weighted by atomic mass is 16.5. The molecule has 5 heteroatoms. The van der Waals surface area contributed by atoms with Crippen molar-refractivity contribution in [3.63, 3.8) is 0 Å². The standard InChI is InChI=1S/C14H20N4O/c1-4-18-14(16-9-17-18)8-19-13-6-5-10(2)7-12(13)11(3)15/h5-7,9,11H,4,8,15H2,1-3H3/t11-/m1/s1. The van der Waals surface area contributed by atoms with Crippen LogP contribution in [0.1, 0.15) is 36.8 Å². The molecule has 5 nitrogen and oxygen atoms in total. The van der Waals surface area contributed by atoms with E-state index < -0.39 is 0 Å². The molecule has 0 unspecified atom stereocenters. The zero-order valence-corrected chi connectivity index (χ0v) is 11.6. The fourth-order valence-corrected chi connectivity index (χ4v) is 1.96. The second-order valence-corrected chi connectivity index (χ2v) is 4.61. The Labute approximate surface area is 113 Å². The summed E-state index contributed by atoms with van der Waals surface area (Å²) in [5.74, 6) is 1.63. The first-order valence-corrected chi connectivity index (χ1v) is 6.47. The fraction of sp³-hybridized carbons (Fsp3) is 0.429. The number of hydrogen-bond acceptors (Lipinski definition) is 4. The Balaban J connectivity index is 2.15. The number of aryl methyl sites for hydroxylation is 2. The third-order valence-corrected chi connectivity index (χ3v) is 3.01. The smallest absolute Gasteiger partial charge is 0.164 e. The SMILES string of the molecule is CCn1ncnc1COc1ccc(C)cc1[C@@H](C)N. The molecule has 0 bridgehead atoms. The van der Waals surface area contributed by atoms with Gasteiger partial charge in [0.25, 0.3) is 0 Å². The van der Waals surface area contributed by atoms with Crippen LogP contribution < -0.4 is 10.5 Å². The first-order valence-electron chi connectivity index (χ1n) is 6.47. The quantitative estimate of drug-likeness (QED) is 0.895. The maximum Gasteiger partial charge on any atom is 0.164 e. The van der Waals surface area contributed by atoms with Gasteiger partial charge < -0.3 is 10.5 Å². The summed E-state index contributed by atoms with van der Waals surface area (Å²) in [5, 5.41) is 4.12. The summed E-state index contributed by atoms with van der Waals surface area (Å²) in [5.41, 5.74) is 8.17. The van der Waals surface area contributed by atoms with Gasteiger partial charge in [0.1, 0.15) is 18.7 Å². The average Bonchev–Trinajstić information content (AvgIpc) is 2.84. The lowest BCUT2D eigenvalue weighted by Crippen LogP contribution is -2.11. The minimum atomic E-state index is -0.0565. The molecule has 1 atom stereocenters.